The highest BCUT2D eigenvalue weighted by molar-refractivity contribution is 5.52. The zero-order valence-corrected chi connectivity index (χ0v) is 11.7. The van der Waals surface area contributed by atoms with Gasteiger partial charge in [0, 0.05) is 17.8 Å². The van der Waals surface area contributed by atoms with Gasteiger partial charge in [-0.2, -0.15) is 0 Å². The number of nitrogens with one attached hydrogen (secondary N) is 1. The van der Waals surface area contributed by atoms with Crippen molar-refractivity contribution in [3.05, 3.63) is 64.0 Å². The smallest absolute Gasteiger partial charge is 0.274 e. The minimum Gasteiger partial charge on any atom is -0.494 e. The molecule has 2 rings (SSSR count). The molecule has 1 unspecified atom stereocenters. The van der Waals surface area contributed by atoms with Crippen LogP contribution in [0.15, 0.2) is 42.5 Å². The monoisotopic (exact) mass is 290 g/mol. The quantitative estimate of drug-likeness (QED) is 0.669. The number of benzene rings is 2. The third-order valence-electron chi connectivity index (χ3n) is 3.13. The van der Waals surface area contributed by atoms with Crippen LogP contribution in [0.2, 0.25) is 0 Å². The molecule has 0 aliphatic heterocycles. The van der Waals surface area contributed by atoms with Gasteiger partial charge >= 0.3 is 0 Å². The molecule has 0 aliphatic carbocycles. The van der Waals surface area contributed by atoms with Crippen LogP contribution in [-0.4, -0.2) is 12.0 Å². The van der Waals surface area contributed by atoms with Gasteiger partial charge < -0.3 is 10.1 Å². The van der Waals surface area contributed by atoms with Gasteiger partial charge in [0.25, 0.3) is 5.69 Å². The van der Waals surface area contributed by atoms with Crippen molar-refractivity contribution in [2.24, 2.45) is 0 Å². The maximum absolute atomic E-state index is 13.4. The van der Waals surface area contributed by atoms with Crippen molar-refractivity contribution in [3.63, 3.8) is 0 Å². The molecule has 0 saturated heterocycles. The van der Waals surface area contributed by atoms with Crippen molar-refractivity contribution in [1.29, 1.82) is 0 Å². The summed E-state index contributed by atoms with van der Waals surface area (Å²) >= 11 is 0. The fraction of sp³-hybridized carbons (Fsp3) is 0.200. The van der Waals surface area contributed by atoms with Crippen LogP contribution in [0.5, 0.6) is 5.75 Å². The van der Waals surface area contributed by atoms with E-state index in [-0.39, 0.29) is 17.5 Å². The number of methoxy groups -OCH3 is 1. The van der Waals surface area contributed by atoms with Gasteiger partial charge in [0.05, 0.1) is 23.6 Å². The summed E-state index contributed by atoms with van der Waals surface area (Å²) in [6.45, 7) is 1.80. The number of nitrogens with zero attached hydrogens (tertiary/aromatic N) is 1. The Bertz CT molecular complexity index is 661. The highest BCUT2D eigenvalue weighted by Gasteiger charge is 2.18. The number of halogens is 1. The number of ether oxygens (including phenoxy) is 1. The molecule has 21 heavy (non-hydrogen) atoms. The van der Waals surface area contributed by atoms with E-state index in [1.165, 1.54) is 25.3 Å². The van der Waals surface area contributed by atoms with Crippen molar-refractivity contribution >= 4 is 11.4 Å². The zero-order chi connectivity index (χ0) is 15.4. The fourth-order valence-electron chi connectivity index (χ4n) is 2.10. The summed E-state index contributed by atoms with van der Waals surface area (Å²) in [7, 11) is 1.38. The lowest BCUT2D eigenvalue weighted by Crippen LogP contribution is -2.09. The molecular weight excluding hydrogens is 275 g/mol. The SMILES string of the molecule is COc1cc(NC(C)c2ccccc2[N+](=O)[O-])ccc1F. The second-order valence-electron chi connectivity index (χ2n) is 4.53. The van der Waals surface area contributed by atoms with Crippen LogP contribution in [0.1, 0.15) is 18.5 Å². The Morgan fingerprint density at radius 3 is 2.67 bits per heavy atom. The van der Waals surface area contributed by atoms with Crippen LogP contribution in [0, 0.1) is 15.9 Å². The highest BCUT2D eigenvalue weighted by atomic mass is 19.1. The molecule has 0 bridgehead atoms. The Balaban J connectivity index is 2.26. The van der Waals surface area contributed by atoms with Gasteiger partial charge in [-0.3, -0.25) is 10.1 Å². The Labute approximate surface area is 121 Å². The van der Waals surface area contributed by atoms with E-state index in [0.29, 0.717) is 11.3 Å². The van der Waals surface area contributed by atoms with Crippen LogP contribution < -0.4 is 10.1 Å². The first-order chi connectivity index (χ1) is 10.0. The highest BCUT2D eigenvalue weighted by Crippen LogP contribution is 2.29. The van der Waals surface area contributed by atoms with Gasteiger partial charge in [0.1, 0.15) is 0 Å². The topological polar surface area (TPSA) is 64.4 Å². The number of nitro groups is 1. The van der Waals surface area contributed by atoms with Crippen LogP contribution in [0.4, 0.5) is 15.8 Å². The van der Waals surface area contributed by atoms with Crippen LogP contribution in [0.3, 0.4) is 0 Å². The molecule has 0 spiro atoms. The molecular formula is C15H15FN2O3. The zero-order valence-electron chi connectivity index (χ0n) is 11.7. The summed E-state index contributed by atoms with van der Waals surface area (Å²) in [5, 5.41) is 14.1. The fourth-order valence-corrected chi connectivity index (χ4v) is 2.10. The normalized spacial score (nSPS) is 11.8. The summed E-state index contributed by atoms with van der Waals surface area (Å²) in [6, 6.07) is 10.6. The van der Waals surface area contributed by atoms with E-state index in [9.17, 15) is 14.5 Å². The number of nitro benzene ring substituents is 1. The van der Waals surface area contributed by atoms with Crippen LogP contribution >= 0.6 is 0 Å². The molecule has 0 saturated carbocycles. The summed E-state index contributed by atoms with van der Waals surface area (Å²) in [4.78, 5) is 10.6. The van der Waals surface area contributed by atoms with E-state index in [1.54, 1.807) is 31.2 Å². The summed E-state index contributed by atoms with van der Waals surface area (Å²) in [5.74, 6) is -0.337. The molecule has 2 aromatic rings. The second kappa shape index (κ2) is 6.21. The third-order valence-corrected chi connectivity index (χ3v) is 3.13. The molecule has 0 heterocycles. The average Bonchev–Trinajstić information content (AvgIpc) is 2.49. The van der Waals surface area contributed by atoms with E-state index in [0.717, 1.165) is 0 Å². The average molecular weight is 290 g/mol. The first-order valence-electron chi connectivity index (χ1n) is 6.36. The first-order valence-corrected chi connectivity index (χ1v) is 6.36. The molecule has 1 N–H and O–H groups in total. The molecule has 110 valence electrons. The van der Waals surface area contributed by atoms with Gasteiger partial charge in [-0.05, 0) is 19.1 Å². The molecule has 0 amide bonds. The van der Waals surface area contributed by atoms with Crippen molar-refractivity contribution in [3.8, 4) is 5.75 Å². The predicted molar refractivity (Wildman–Crippen MR) is 78.1 cm³/mol. The molecule has 0 aliphatic rings. The van der Waals surface area contributed by atoms with Crippen molar-refractivity contribution in [1.82, 2.24) is 0 Å². The van der Waals surface area contributed by atoms with Gasteiger partial charge in [-0.1, -0.05) is 18.2 Å². The Hall–Kier alpha value is -2.63. The summed E-state index contributed by atoms with van der Waals surface area (Å²) < 4.78 is 18.3. The number of hydrogen-bond acceptors (Lipinski definition) is 4. The molecule has 0 aromatic heterocycles. The van der Waals surface area contributed by atoms with Gasteiger partial charge in [-0.15, -0.1) is 0 Å². The third kappa shape index (κ3) is 3.28. The number of anilines is 1. The lowest BCUT2D eigenvalue weighted by Gasteiger charge is -2.16. The Kier molecular flexibility index (Phi) is 4.37. The standard InChI is InChI=1S/C15H15FN2O3/c1-10(12-5-3-4-6-14(12)18(19)20)17-11-7-8-13(16)15(9-11)21-2/h3-10,17H,1-2H3. The number of para-hydroxylation sites is 1. The van der Waals surface area contributed by atoms with Gasteiger partial charge in [-0.25, -0.2) is 4.39 Å². The predicted octanol–water partition coefficient (Wildman–Crippen LogP) is 3.92. The number of rotatable bonds is 5. The van der Waals surface area contributed by atoms with E-state index in [2.05, 4.69) is 5.32 Å². The molecule has 0 fully saturated rings. The maximum Gasteiger partial charge on any atom is 0.274 e. The molecule has 6 heteroatoms. The minimum absolute atomic E-state index is 0.0478. The Morgan fingerprint density at radius 2 is 2.00 bits per heavy atom. The lowest BCUT2D eigenvalue weighted by atomic mass is 10.1. The molecule has 1 atom stereocenters. The van der Waals surface area contributed by atoms with Crippen LogP contribution in [0.25, 0.3) is 0 Å². The molecule has 2 aromatic carbocycles. The first kappa shape index (κ1) is 14.8. The maximum atomic E-state index is 13.4. The Morgan fingerprint density at radius 1 is 1.29 bits per heavy atom. The van der Waals surface area contributed by atoms with Gasteiger partial charge in [0.15, 0.2) is 11.6 Å². The van der Waals surface area contributed by atoms with Gasteiger partial charge in [0.2, 0.25) is 0 Å². The summed E-state index contributed by atoms with van der Waals surface area (Å²) in [6.07, 6.45) is 0. The molecule has 0 radical (unpaired) electrons. The van der Waals surface area contributed by atoms with E-state index < -0.39 is 10.7 Å². The van der Waals surface area contributed by atoms with Crippen LogP contribution in [-0.2, 0) is 0 Å². The summed E-state index contributed by atoms with van der Waals surface area (Å²) in [5.41, 5.74) is 1.23. The van der Waals surface area contributed by atoms with Crippen molar-refractivity contribution in [2.45, 2.75) is 13.0 Å². The number of hydrogen-bond donors (Lipinski definition) is 1. The minimum atomic E-state index is -0.457. The second-order valence-corrected chi connectivity index (χ2v) is 4.53. The van der Waals surface area contributed by atoms with Crippen molar-refractivity contribution < 1.29 is 14.1 Å². The molecule has 5 nitrogen and oxygen atoms in total. The largest absolute Gasteiger partial charge is 0.494 e. The van der Waals surface area contributed by atoms with E-state index in [1.807, 2.05) is 0 Å². The van der Waals surface area contributed by atoms with Crippen molar-refractivity contribution in [2.75, 3.05) is 12.4 Å². The van der Waals surface area contributed by atoms with E-state index in [4.69, 9.17) is 4.74 Å². The lowest BCUT2D eigenvalue weighted by molar-refractivity contribution is -0.385. The van der Waals surface area contributed by atoms with E-state index >= 15 is 0 Å².